The molecule has 2 atom stereocenters. The summed E-state index contributed by atoms with van der Waals surface area (Å²) in [5.74, 6) is 1.70. The number of hydrogen-bond donors (Lipinski definition) is 0. The molecule has 1 aliphatic rings. The molecular formula is C15H19N5O3. The lowest BCUT2D eigenvalue weighted by Gasteiger charge is -2.08. The first-order valence-electron chi connectivity index (χ1n) is 7.53. The van der Waals surface area contributed by atoms with Crippen LogP contribution in [-0.4, -0.2) is 44.4 Å². The average molecular weight is 317 g/mol. The number of hydrogen-bond acceptors (Lipinski definition) is 7. The summed E-state index contributed by atoms with van der Waals surface area (Å²) >= 11 is 0. The fraction of sp³-hybridized carbons (Fsp3) is 0.533. The van der Waals surface area contributed by atoms with Crippen LogP contribution < -0.4 is 4.74 Å². The highest BCUT2D eigenvalue weighted by molar-refractivity contribution is 5.77. The Hall–Kier alpha value is -2.51. The van der Waals surface area contributed by atoms with Crippen molar-refractivity contribution in [3.63, 3.8) is 0 Å². The monoisotopic (exact) mass is 317 g/mol. The summed E-state index contributed by atoms with van der Waals surface area (Å²) in [4.78, 5) is 24.8. The third-order valence-corrected chi connectivity index (χ3v) is 3.75. The van der Waals surface area contributed by atoms with E-state index in [0.29, 0.717) is 18.2 Å². The average Bonchev–Trinajstić information content (AvgIpc) is 3.26. The third kappa shape index (κ3) is 3.01. The van der Waals surface area contributed by atoms with Gasteiger partial charge in [-0.25, -0.2) is 4.98 Å². The van der Waals surface area contributed by atoms with E-state index >= 15 is 0 Å². The van der Waals surface area contributed by atoms with Crippen LogP contribution in [0.4, 0.5) is 0 Å². The second-order valence-electron chi connectivity index (χ2n) is 5.46. The highest BCUT2D eigenvalue weighted by Crippen LogP contribution is 2.48. The zero-order chi connectivity index (χ0) is 16.6. The first kappa shape index (κ1) is 15.4. The van der Waals surface area contributed by atoms with E-state index in [1.54, 1.807) is 11.6 Å². The largest absolute Gasteiger partial charge is 0.467 e. The summed E-state index contributed by atoms with van der Waals surface area (Å²) in [6, 6.07) is 2.08. The molecule has 1 aliphatic carbocycles. The predicted molar refractivity (Wildman–Crippen MR) is 80.5 cm³/mol. The molecule has 122 valence electrons. The van der Waals surface area contributed by atoms with Gasteiger partial charge in [-0.05, 0) is 27.2 Å². The maximum Gasteiger partial charge on any atom is 0.318 e. The van der Waals surface area contributed by atoms with Crippen LogP contribution in [0.25, 0.3) is 5.82 Å². The maximum atomic E-state index is 11.8. The van der Waals surface area contributed by atoms with Gasteiger partial charge in [0.1, 0.15) is 11.6 Å². The van der Waals surface area contributed by atoms with Crippen molar-refractivity contribution in [2.75, 3.05) is 13.7 Å². The van der Waals surface area contributed by atoms with Crippen LogP contribution in [0.15, 0.2) is 6.07 Å². The van der Waals surface area contributed by atoms with Crippen molar-refractivity contribution in [3.05, 3.63) is 23.4 Å². The minimum atomic E-state index is -0.176. The fourth-order valence-corrected chi connectivity index (χ4v) is 2.59. The number of aromatic nitrogens is 5. The Morgan fingerprint density at radius 2 is 2.13 bits per heavy atom. The van der Waals surface area contributed by atoms with Crippen molar-refractivity contribution in [1.82, 2.24) is 24.7 Å². The zero-order valence-electron chi connectivity index (χ0n) is 13.6. The number of methoxy groups -OCH3 is 1. The van der Waals surface area contributed by atoms with Crippen molar-refractivity contribution in [2.45, 2.75) is 33.1 Å². The minimum absolute atomic E-state index is 0.0367. The third-order valence-electron chi connectivity index (χ3n) is 3.75. The fourth-order valence-electron chi connectivity index (χ4n) is 2.59. The summed E-state index contributed by atoms with van der Waals surface area (Å²) < 4.78 is 11.9. The molecule has 8 heteroatoms. The van der Waals surface area contributed by atoms with Gasteiger partial charge in [-0.2, -0.15) is 14.6 Å². The molecule has 0 N–H and O–H groups in total. The molecule has 3 rings (SSSR count). The Bertz CT molecular complexity index is 743. The number of nitrogens with zero attached hydrogens (tertiary/aromatic N) is 5. The van der Waals surface area contributed by atoms with Gasteiger partial charge in [0.15, 0.2) is 5.82 Å². The summed E-state index contributed by atoms with van der Waals surface area (Å²) in [6.45, 7) is 5.86. The number of carbonyl (C=O) groups excluding carboxylic acids is 1. The minimum Gasteiger partial charge on any atom is -0.467 e. The second kappa shape index (κ2) is 5.94. The number of esters is 1. The first-order valence-corrected chi connectivity index (χ1v) is 7.53. The molecule has 1 unspecified atom stereocenters. The van der Waals surface area contributed by atoms with Gasteiger partial charge in [-0.1, -0.05) is 0 Å². The number of ether oxygens (including phenoxy) is 2. The van der Waals surface area contributed by atoms with Gasteiger partial charge in [0.2, 0.25) is 0 Å². The van der Waals surface area contributed by atoms with E-state index in [2.05, 4.69) is 20.1 Å². The van der Waals surface area contributed by atoms with Crippen molar-refractivity contribution >= 4 is 5.97 Å². The second-order valence-corrected chi connectivity index (χ2v) is 5.46. The maximum absolute atomic E-state index is 11.8. The van der Waals surface area contributed by atoms with E-state index in [9.17, 15) is 4.79 Å². The molecule has 0 aliphatic heterocycles. The van der Waals surface area contributed by atoms with Gasteiger partial charge in [0, 0.05) is 12.0 Å². The smallest absolute Gasteiger partial charge is 0.318 e. The molecular weight excluding hydrogens is 298 g/mol. The highest BCUT2D eigenvalue weighted by atomic mass is 16.5. The normalized spacial score (nSPS) is 19.5. The van der Waals surface area contributed by atoms with Crippen molar-refractivity contribution in [2.24, 2.45) is 5.92 Å². The molecule has 0 amide bonds. The van der Waals surface area contributed by atoms with Gasteiger partial charge in [0.05, 0.1) is 25.3 Å². The summed E-state index contributed by atoms with van der Waals surface area (Å²) in [6.07, 6.45) is 0.730. The van der Waals surface area contributed by atoms with Crippen LogP contribution in [0.1, 0.15) is 36.6 Å². The summed E-state index contributed by atoms with van der Waals surface area (Å²) in [5.41, 5.74) is 0.762. The Balaban J connectivity index is 1.92. The van der Waals surface area contributed by atoms with Crippen LogP contribution in [0.3, 0.4) is 0 Å². The van der Waals surface area contributed by atoms with Crippen LogP contribution >= 0.6 is 0 Å². The number of carbonyl (C=O) groups is 1. The lowest BCUT2D eigenvalue weighted by atomic mass is 10.2. The standard InChI is InChI=1S/C15H19N5O3/c1-5-23-14(21)11-6-10(11)12-7-13(18-15(17-12)22-4)20-9(3)16-8(2)19-20/h7,10-11H,5-6H2,1-4H3/t10-,11?/m0/s1. The first-order chi connectivity index (χ1) is 11.0. The lowest BCUT2D eigenvalue weighted by Crippen LogP contribution is -2.09. The lowest BCUT2D eigenvalue weighted by molar-refractivity contribution is -0.144. The van der Waals surface area contributed by atoms with Gasteiger partial charge >= 0.3 is 12.0 Å². The van der Waals surface area contributed by atoms with Crippen molar-refractivity contribution < 1.29 is 14.3 Å². The number of rotatable bonds is 5. The zero-order valence-corrected chi connectivity index (χ0v) is 13.6. The summed E-state index contributed by atoms with van der Waals surface area (Å²) in [5, 5.41) is 4.33. The quantitative estimate of drug-likeness (QED) is 0.768. The molecule has 1 fully saturated rings. The van der Waals surface area contributed by atoms with E-state index in [-0.39, 0.29) is 23.8 Å². The Kier molecular flexibility index (Phi) is 3.97. The van der Waals surface area contributed by atoms with Crippen LogP contribution in [0, 0.1) is 19.8 Å². The molecule has 0 saturated heterocycles. The van der Waals surface area contributed by atoms with Gasteiger partial charge in [-0.15, -0.1) is 5.10 Å². The van der Waals surface area contributed by atoms with Crippen LogP contribution in [0.5, 0.6) is 6.01 Å². The molecule has 23 heavy (non-hydrogen) atoms. The van der Waals surface area contributed by atoms with Gasteiger partial charge in [-0.3, -0.25) is 4.79 Å². The summed E-state index contributed by atoms with van der Waals surface area (Å²) in [7, 11) is 1.51. The SMILES string of the molecule is CCOC(=O)C1C[C@@H]1c1cc(-n2nc(C)nc2C)nc(OC)n1. The molecule has 2 heterocycles. The van der Waals surface area contributed by atoms with Crippen molar-refractivity contribution in [3.8, 4) is 11.8 Å². The van der Waals surface area contributed by atoms with Gasteiger partial charge in [0.25, 0.3) is 0 Å². The van der Waals surface area contributed by atoms with Gasteiger partial charge < -0.3 is 9.47 Å². The Morgan fingerprint density at radius 1 is 1.35 bits per heavy atom. The van der Waals surface area contributed by atoms with Crippen LogP contribution in [0.2, 0.25) is 0 Å². The molecule has 0 spiro atoms. The van der Waals surface area contributed by atoms with E-state index in [4.69, 9.17) is 9.47 Å². The Morgan fingerprint density at radius 3 is 2.74 bits per heavy atom. The van der Waals surface area contributed by atoms with E-state index in [1.807, 2.05) is 19.9 Å². The highest BCUT2D eigenvalue weighted by Gasteiger charge is 2.46. The van der Waals surface area contributed by atoms with Crippen molar-refractivity contribution in [1.29, 1.82) is 0 Å². The van der Waals surface area contributed by atoms with Crippen LogP contribution in [-0.2, 0) is 9.53 Å². The van der Waals surface area contributed by atoms with E-state index in [0.717, 1.165) is 17.9 Å². The molecule has 2 aromatic heterocycles. The Labute approximate surface area is 133 Å². The molecule has 2 aromatic rings. The molecule has 0 bridgehead atoms. The molecule has 8 nitrogen and oxygen atoms in total. The van der Waals surface area contributed by atoms with E-state index < -0.39 is 0 Å². The topological polar surface area (TPSA) is 92.0 Å². The molecule has 1 saturated carbocycles. The van der Waals surface area contributed by atoms with E-state index in [1.165, 1.54) is 7.11 Å². The predicted octanol–water partition coefficient (Wildman–Crippen LogP) is 1.35. The molecule has 0 radical (unpaired) electrons. The number of aryl methyl sites for hydroxylation is 2. The molecule has 0 aromatic carbocycles.